The molecule has 0 spiro atoms. The minimum Gasteiger partial charge on any atom is -0.493 e. The second-order valence-electron chi connectivity index (χ2n) is 11.0. The largest absolute Gasteiger partial charge is 0.493 e. The predicted molar refractivity (Wildman–Crippen MR) is 149 cm³/mol. The van der Waals surface area contributed by atoms with Crippen LogP contribution in [0, 0.1) is 17.8 Å². The van der Waals surface area contributed by atoms with Gasteiger partial charge in [-0.25, -0.2) is 0 Å². The highest BCUT2D eigenvalue weighted by Gasteiger charge is 2.32. The number of hydrogen-bond donors (Lipinski definition) is 3. The Labute approximate surface area is 231 Å². The van der Waals surface area contributed by atoms with Crippen LogP contribution < -0.4 is 20.7 Å². The number of aromatic nitrogens is 1. The van der Waals surface area contributed by atoms with Crippen LogP contribution in [0.15, 0.2) is 41.1 Å². The van der Waals surface area contributed by atoms with Crippen molar-refractivity contribution in [2.75, 3.05) is 6.61 Å². The van der Waals surface area contributed by atoms with E-state index in [0.717, 1.165) is 37.0 Å². The van der Waals surface area contributed by atoms with Crippen molar-refractivity contribution in [3.63, 3.8) is 0 Å². The molecule has 39 heavy (non-hydrogen) atoms. The molecule has 3 atom stereocenters. The highest BCUT2D eigenvalue weighted by Crippen LogP contribution is 2.28. The fourth-order valence-electron chi connectivity index (χ4n) is 4.85. The molecule has 2 aromatic rings. The Morgan fingerprint density at radius 3 is 2.44 bits per heavy atom. The fraction of sp³-hybridized carbons (Fsp3) is 0.600. The van der Waals surface area contributed by atoms with Crippen molar-refractivity contribution >= 4 is 17.7 Å². The van der Waals surface area contributed by atoms with Crippen molar-refractivity contribution in [3.05, 3.63) is 47.9 Å². The molecule has 0 radical (unpaired) electrons. The second kappa shape index (κ2) is 15.3. The van der Waals surface area contributed by atoms with Gasteiger partial charge in [0.2, 0.25) is 17.6 Å². The number of benzene rings is 1. The first-order valence-electron chi connectivity index (χ1n) is 14.3. The van der Waals surface area contributed by atoms with E-state index >= 15 is 0 Å². The van der Waals surface area contributed by atoms with Gasteiger partial charge in [-0.05, 0) is 30.2 Å². The highest BCUT2D eigenvalue weighted by atomic mass is 16.5. The number of carbonyl (C=O) groups is 3. The summed E-state index contributed by atoms with van der Waals surface area (Å²) in [5.41, 5.74) is 0.871. The molecule has 1 heterocycles. The number of ether oxygens (including phenoxy) is 1. The zero-order valence-corrected chi connectivity index (χ0v) is 23.7. The van der Waals surface area contributed by atoms with Crippen molar-refractivity contribution < 1.29 is 23.6 Å². The molecule has 1 aliphatic rings. The van der Waals surface area contributed by atoms with E-state index in [1.165, 1.54) is 18.7 Å². The lowest BCUT2D eigenvalue weighted by molar-refractivity contribution is -0.131. The number of para-hydroxylation sites is 1. The molecule has 214 valence electrons. The topological polar surface area (TPSA) is 123 Å². The van der Waals surface area contributed by atoms with Gasteiger partial charge in [0.15, 0.2) is 0 Å². The average Bonchev–Trinajstić information content (AvgIpc) is 3.49. The van der Waals surface area contributed by atoms with Crippen molar-refractivity contribution in [2.45, 2.75) is 91.3 Å². The number of amides is 3. The molecule has 3 rings (SSSR count). The number of carbonyl (C=O) groups excluding carboxylic acids is 3. The molecule has 3 N–H and O–H groups in total. The third-order valence-electron chi connectivity index (χ3n) is 7.37. The van der Waals surface area contributed by atoms with Gasteiger partial charge in [0.05, 0.1) is 12.8 Å². The van der Waals surface area contributed by atoms with Crippen LogP contribution in [0.2, 0.25) is 0 Å². The molecule has 0 bridgehead atoms. The standard InChI is InChI=1S/C30H44N4O5/c1-5-21(4)27(30(37)31-18-23-13-9-10-14-25(23)38-19-20(2)3)34-28(35)24(17-22-11-7-6-8-12-22)33-29(36)26-15-16-32-39-26/h9-10,13-16,20-22,24,27H,5-8,11-12,17-19H2,1-4H3,(H,31,37)(H,33,36)(H,34,35)/t21-,24-,27-/m0/s1. The Balaban J connectivity index is 1.69. The normalized spacial score (nSPS) is 16.2. The zero-order chi connectivity index (χ0) is 28.2. The van der Waals surface area contributed by atoms with Crippen molar-refractivity contribution in [3.8, 4) is 5.75 Å². The molecule has 1 saturated carbocycles. The lowest BCUT2D eigenvalue weighted by Gasteiger charge is -2.29. The van der Waals surface area contributed by atoms with Crippen molar-refractivity contribution in [1.29, 1.82) is 0 Å². The maximum atomic E-state index is 13.6. The van der Waals surface area contributed by atoms with Crippen molar-refractivity contribution in [2.24, 2.45) is 17.8 Å². The molecule has 3 amide bonds. The first-order valence-corrected chi connectivity index (χ1v) is 14.3. The molecule has 0 unspecified atom stereocenters. The van der Waals surface area contributed by atoms with Crippen LogP contribution in [0.1, 0.15) is 88.8 Å². The van der Waals surface area contributed by atoms with E-state index in [0.29, 0.717) is 31.3 Å². The first-order chi connectivity index (χ1) is 18.8. The van der Waals surface area contributed by atoms with E-state index < -0.39 is 18.0 Å². The molecular formula is C30H44N4O5. The van der Waals surface area contributed by atoms with Gasteiger partial charge in [-0.1, -0.05) is 89.6 Å². The summed E-state index contributed by atoms with van der Waals surface area (Å²) in [7, 11) is 0. The number of hydrogen-bond acceptors (Lipinski definition) is 6. The smallest absolute Gasteiger partial charge is 0.290 e. The Morgan fingerprint density at radius 2 is 1.77 bits per heavy atom. The molecule has 9 heteroatoms. The van der Waals surface area contributed by atoms with Crippen LogP contribution in [0.5, 0.6) is 5.75 Å². The average molecular weight is 541 g/mol. The SMILES string of the molecule is CC[C@H](C)[C@H](NC(=O)[C@H](CC1CCCCC1)NC(=O)c1ccno1)C(=O)NCc1ccccc1OCC(C)C. The van der Waals surface area contributed by atoms with Crippen LogP contribution in [-0.2, 0) is 16.1 Å². The predicted octanol–water partition coefficient (Wildman–Crippen LogP) is 4.63. The van der Waals surface area contributed by atoms with Gasteiger partial charge < -0.3 is 25.2 Å². The highest BCUT2D eigenvalue weighted by molar-refractivity contribution is 5.96. The van der Waals surface area contributed by atoms with Crippen LogP contribution >= 0.6 is 0 Å². The molecule has 0 aliphatic heterocycles. The fourth-order valence-corrected chi connectivity index (χ4v) is 4.85. The number of nitrogens with one attached hydrogen (secondary N) is 3. The van der Waals surface area contributed by atoms with E-state index in [9.17, 15) is 14.4 Å². The Bertz CT molecular complexity index is 1050. The lowest BCUT2D eigenvalue weighted by atomic mass is 9.84. The van der Waals surface area contributed by atoms with E-state index in [1.807, 2.05) is 38.1 Å². The van der Waals surface area contributed by atoms with Gasteiger partial charge in [-0.2, -0.15) is 0 Å². The van der Waals surface area contributed by atoms with Gasteiger partial charge in [0, 0.05) is 18.2 Å². The first kappa shape index (κ1) is 30.2. The third kappa shape index (κ3) is 9.41. The van der Waals surface area contributed by atoms with E-state index in [1.54, 1.807) is 0 Å². The van der Waals surface area contributed by atoms with E-state index in [4.69, 9.17) is 9.26 Å². The molecule has 9 nitrogen and oxygen atoms in total. The molecule has 1 aromatic carbocycles. The van der Waals surface area contributed by atoms with Gasteiger partial charge in [-0.15, -0.1) is 0 Å². The van der Waals surface area contributed by atoms with Gasteiger partial charge in [0.1, 0.15) is 17.8 Å². The summed E-state index contributed by atoms with van der Waals surface area (Å²) < 4.78 is 10.9. The summed E-state index contributed by atoms with van der Waals surface area (Å²) in [5, 5.41) is 12.4. The molecule has 0 saturated heterocycles. The van der Waals surface area contributed by atoms with Crippen LogP contribution in [-0.4, -0.2) is 41.6 Å². The summed E-state index contributed by atoms with van der Waals surface area (Å²) in [6.07, 6.45) is 8.08. The van der Waals surface area contributed by atoms with Gasteiger partial charge in [0.25, 0.3) is 5.91 Å². The van der Waals surface area contributed by atoms with Crippen LogP contribution in [0.4, 0.5) is 0 Å². The van der Waals surface area contributed by atoms with E-state index in [2.05, 4.69) is 35.0 Å². The van der Waals surface area contributed by atoms with Crippen LogP contribution in [0.25, 0.3) is 0 Å². The Hall–Kier alpha value is -3.36. The van der Waals surface area contributed by atoms with Gasteiger partial charge >= 0.3 is 0 Å². The summed E-state index contributed by atoms with van der Waals surface area (Å²) >= 11 is 0. The van der Waals surface area contributed by atoms with E-state index in [-0.39, 0.29) is 30.0 Å². The monoisotopic (exact) mass is 540 g/mol. The second-order valence-corrected chi connectivity index (χ2v) is 11.0. The number of nitrogens with zero attached hydrogens (tertiary/aromatic N) is 1. The Morgan fingerprint density at radius 1 is 1.03 bits per heavy atom. The number of rotatable bonds is 14. The summed E-state index contributed by atoms with van der Waals surface area (Å²) in [6, 6.07) is 7.56. The minimum absolute atomic E-state index is 0.0472. The summed E-state index contributed by atoms with van der Waals surface area (Å²) in [4.78, 5) is 39.7. The maximum Gasteiger partial charge on any atom is 0.290 e. The molecule has 1 aliphatic carbocycles. The summed E-state index contributed by atoms with van der Waals surface area (Å²) in [5.74, 6) is 0.257. The van der Waals surface area contributed by atoms with Crippen molar-refractivity contribution in [1.82, 2.24) is 21.1 Å². The minimum atomic E-state index is -0.782. The lowest BCUT2D eigenvalue weighted by Crippen LogP contribution is -2.56. The Kier molecular flexibility index (Phi) is 11.8. The zero-order valence-electron chi connectivity index (χ0n) is 23.7. The molecule has 1 aromatic heterocycles. The maximum absolute atomic E-state index is 13.6. The molecular weight excluding hydrogens is 496 g/mol. The van der Waals surface area contributed by atoms with Gasteiger partial charge in [-0.3, -0.25) is 14.4 Å². The van der Waals surface area contributed by atoms with Crippen LogP contribution in [0.3, 0.4) is 0 Å². The third-order valence-corrected chi connectivity index (χ3v) is 7.37. The quantitative estimate of drug-likeness (QED) is 0.321. The summed E-state index contributed by atoms with van der Waals surface area (Å²) in [6.45, 7) is 8.95. The molecule has 1 fully saturated rings.